The number of hydrogen-bond donors (Lipinski definition) is 1. The van der Waals surface area contributed by atoms with Crippen LogP contribution in [0.15, 0.2) is 88.6 Å². The van der Waals surface area contributed by atoms with Crippen LogP contribution < -0.4 is 10.2 Å². The molecule has 0 radical (unpaired) electrons. The standard InChI is InChI=1S/C41H58FN3O.C9H16O2.C8H18.C4H10/c1-11-17-32-25-34(26-32)45-39-27-33(18-19-35(39)41(20-12-2,21-13-3)40(45)46)29(8)24-37(43-22-14-4)30(9)31(10)44-38(36(42)16-6)23-28(7)15-5;1-4-7(2)8(10)9(3)5-11-6-9;1-5-7-8(3,4)6-2;1-4(2)3/h16,18-19,22-24,27,32,34,44H,6,8,11-15,17,20-21,25-26H2,1-5,7,9-10H3;7H,4-6H2,1-3H3;5-7H2,1-4H3;4H,1-3H3/b28-23+,31-30+,37-24+,38-36-,43-22?;;;. The SMILES string of the molecule is C=C/C(F)=C(\C=C(/C)CC)N/C(C)=C(C)/C(=C\C(=C)c1ccc2c(c1)N(C1CC(CCC)C1)C(=O)C2(CCC)CCC)N=CCC.CC(C)C.CCC(C)C(=O)C1(C)COC1.CCCC(C)(C)CC. The van der Waals surface area contributed by atoms with E-state index in [4.69, 9.17) is 9.73 Å². The van der Waals surface area contributed by atoms with Crippen molar-refractivity contribution in [2.24, 2.45) is 33.6 Å². The summed E-state index contributed by atoms with van der Waals surface area (Å²) in [5.74, 6) is 2.00. The molecule has 1 aliphatic carbocycles. The Morgan fingerprint density at radius 1 is 0.957 bits per heavy atom. The summed E-state index contributed by atoms with van der Waals surface area (Å²) < 4.78 is 19.8. The fourth-order valence-electron chi connectivity index (χ4n) is 9.15. The molecule has 390 valence electrons. The summed E-state index contributed by atoms with van der Waals surface area (Å²) in [4.78, 5) is 32.9. The maximum absolute atomic E-state index is 14.8. The second-order valence-corrected chi connectivity index (χ2v) is 22.0. The Kier molecular flexibility index (Phi) is 28.2. The maximum Gasteiger partial charge on any atom is 0.237 e. The van der Waals surface area contributed by atoms with E-state index in [1.54, 1.807) is 0 Å². The average molecular weight is 957 g/mol. The molecule has 1 aromatic carbocycles. The number of hydrogen-bond acceptors (Lipinski definition) is 5. The number of nitrogens with zero attached hydrogens (tertiary/aromatic N) is 2. The van der Waals surface area contributed by atoms with Gasteiger partial charge in [-0.15, -0.1) is 0 Å². The van der Waals surface area contributed by atoms with Gasteiger partial charge in [-0.2, -0.15) is 0 Å². The molecule has 1 amide bonds. The Labute approximate surface area is 424 Å². The van der Waals surface area contributed by atoms with Crippen molar-refractivity contribution in [2.75, 3.05) is 18.1 Å². The summed E-state index contributed by atoms with van der Waals surface area (Å²) in [7, 11) is 0. The quantitative estimate of drug-likeness (QED) is 0.0876. The Balaban J connectivity index is 0.000000841. The fourth-order valence-corrected chi connectivity index (χ4v) is 9.15. The number of rotatable bonds is 23. The molecule has 69 heavy (non-hydrogen) atoms. The van der Waals surface area contributed by atoms with Crippen LogP contribution in [0.3, 0.4) is 0 Å². The highest BCUT2D eigenvalue weighted by molar-refractivity contribution is 6.09. The van der Waals surface area contributed by atoms with E-state index in [2.05, 4.69) is 118 Å². The largest absolute Gasteiger partial charge is 0.379 e. The molecule has 2 aliphatic heterocycles. The Morgan fingerprint density at radius 3 is 1.99 bits per heavy atom. The highest BCUT2D eigenvalue weighted by Gasteiger charge is 2.53. The van der Waals surface area contributed by atoms with E-state index >= 15 is 0 Å². The van der Waals surface area contributed by atoms with E-state index in [-0.39, 0.29) is 17.4 Å². The predicted octanol–water partition coefficient (Wildman–Crippen LogP) is 18.0. The molecule has 1 saturated heterocycles. The van der Waals surface area contributed by atoms with E-state index < -0.39 is 11.2 Å². The summed E-state index contributed by atoms with van der Waals surface area (Å²) in [6.45, 7) is 47.7. The molecule has 1 saturated carbocycles. The summed E-state index contributed by atoms with van der Waals surface area (Å²) in [6.07, 6.45) is 21.7. The van der Waals surface area contributed by atoms with Gasteiger partial charge >= 0.3 is 0 Å². The first kappa shape index (κ1) is 63.2. The molecule has 2 heterocycles. The van der Waals surface area contributed by atoms with E-state index in [0.717, 1.165) is 103 Å². The van der Waals surface area contributed by atoms with Crippen LogP contribution in [0.1, 0.15) is 226 Å². The van der Waals surface area contributed by atoms with E-state index in [9.17, 15) is 14.0 Å². The number of benzene rings is 1. The second-order valence-electron chi connectivity index (χ2n) is 22.0. The third kappa shape index (κ3) is 18.7. The molecule has 1 unspecified atom stereocenters. The second kappa shape index (κ2) is 30.8. The number of carbonyl (C=O) groups is 2. The monoisotopic (exact) mass is 956 g/mol. The van der Waals surface area contributed by atoms with Crippen LogP contribution in [0.5, 0.6) is 0 Å². The summed E-state index contributed by atoms with van der Waals surface area (Å²) in [6, 6.07) is 6.77. The molecular weight excluding hydrogens is 854 g/mol. The minimum absolute atomic E-state index is 0.157. The maximum atomic E-state index is 14.8. The zero-order valence-corrected chi connectivity index (χ0v) is 47.6. The number of amides is 1. The first-order valence-corrected chi connectivity index (χ1v) is 27.1. The lowest BCUT2D eigenvalue weighted by molar-refractivity contribution is -0.159. The van der Waals surface area contributed by atoms with Crippen LogP contribution >= 0.6 is 0 Å². The van der Waals surface area contributed by atoms with Crippen LogP contribution in [0.4, 0.5) is 10.1 Å². The minimum atomic E-state index is -0.445. The van der Waals surface area contributed by atoms with Gasteiger partial charge in [-0.05, 0) is 143 Å². The van der Waals surface area contributed by atoms with Crippen molar-refractivity contribution < 1.29 is 18.7 Å². The van der Waals surface area contributed by atoms with Gasteiger partial charge in [0.25, 0.3) is 0 Å². The Hall–Kier alpha value is -3.84. The smallest absolute Gasteiger partial charge is 0.237 e. The molecule has 1 atom stereocenters. The lowest BCUT2D eigenvalue weighted by Crippen LogP contribution is -2.50. The van der Waals surface area contributed by atoms with Crippen LogP contribution in [-0.2, 0) is 19.7 Å². The summed E-state index contributed by atoms with van der Waals surface area (Å²) in [5, 5.41) is 3.27. The number of allylic oxidation sites excluding steroid dienone is 8. The first-order chi connectivity index (χ1) is 32.5. The van der Waals surface area contributed by atoms with Gasteiger partial charge in [0.05, 0.1) is 35.4 Å². The highest BCUT2D eigenvalue weighted by atomic mass is 19.1. The number of anilines is 1. The highest BCUT2D eigenvalue weighted by Crippen LogP contribution is 2.52. The van der Waals surface area contributed by atoms with Crippen molar-refractivity contribution in [1.29, 1.82) is 0 Å². The predicted molar refractivity (Wildman–Crippen MR) is 300 cm³/mol. The molecule has 3 aliphatic rings. The van der Waals surface area contributed by atoms with Crippen LogP contribution in [0.25, 0.3) is 5.57 Å². The average Bonchev–Trinajstić information content (AvgIpc) is 3.52. The van der Waals surface area contributed by atoms with Gasteiger partial charge in [0.2, 0.25) is 5.91 Å². The van der Waals surface area contributed by atoms with Gasteiger partial charge in [-0.1, -0.05) is 166 Å². The molecule has 1 aromatic rings. The molecule has 7 heteroatoms. The molecule has 0 spiro atoms. The molecule has 1 N–H and O–H groups in total. The summed E-state index contributed by atoms with van der Waals surface area (Å²) >= 11 is 0. The van der Waals surface area contributed by atoms with Crippen molar-refractivity contribution >= 4 is 29.2 Å². The van der Waals surface area contributed by atoms with Crippen LogP contribution in [0, 0.1) is 28.6 Å². The third-order valence-corrected chi connectivity index (χ3v) is 14.2. The van der Waals surface area contributed by atoms with E-state index in [1.165, 1.54) is 43.7 Å². The van der Waals surface area contributed by atoms with E-state index in [1.807, 2.05) is 66.8 Å². The number of halogens is 1. The van der Waals surface area contributed by atoms with Crippen molar-refractivity contribution in [3.8, 4) is 0 Å². The lowest BCUT2D eigenvalue weighted by Gasteiger charge is -2.42. The Bertz CT molecular complexity index is 1940. The number of ketones is 1. The molecule has 4 rings (SSSR count). The minimum Gasteiger partial charge on any atom is -0.379 e. The van der Waals surface area contributed by atoms with Gasteiger partial charge in [0, 0.05) is 29.6 Å². The van der Waals surface area contributed by atoms with Crippen molar-refractivity contribution in [1.82, 2.24) is 5.32 Å². The van der Waals surface area contributed by atoms with E-state index in [0.29, 0.717) is 41.9 Å². The molecule has 0 aromatic heterocycles. The topological polar surface area (TPSA) is 71.0 Å². The van der Waals surface area contributed by atoms with Crippen molar-refractivity contribution in [3.63, 3.8) is 0 Å². The summed E-state index contributed by atoms with van der Waals surface area (Å²) in [5.41, 5.74) is 7.92. The van der Waals surface area contributed by atoms with Crippen molar-refractivity contribution in [3.05, 3.63) is 94.8 Å². The fraction of sp³-hybridized carbons (Fsp3) is 0.661. The Morgan fingerprint density at radius 2 is 1.55 bits per heavy atom. The number of carbonyl (C=O) groups excluding carboxylic acids is 2. The van der Waals surface area contributed by atoms with Gasteiger partial charge in [-0.3, -0.25) is 14.6 Å². The van der Waals surface area contributed by atoms with Gasteiger partial charge in [0.1, 0.15) is 11.6 Å². The van der Waals surface area contributed by atoms with Gasteiger partial charge < -0.3 is 15.0 Å². The molecule has 2 fully saturated rings. The van der Waals surface area contributed by atoms with Gasteiger partial charge in [0.15, 0.2) is 0 Å². The molecule has 0 bridgehead atoms. The lowest BCUT2D eigenvalue weighted by atomic mass is 9.73. The zero-order chi connectivity index (χ0) is 52.7. The number of aliphatic imine (C=N–C) groups is 1. The first-order valence-electron chi connectivity index (χ1n) is 27.1. The van der Waals surface area contributed by atoms with Crippen molar-refractivity contribution in [2.45, 2.75) is 226 Å². The molecule has 6 nitrogen and oxygen atoms in total. The zero-order valence-electron chi connectivity index (χ0n) is 47.6. The third-order valence-electron chi connectivity index (χ3n) is 14.2. The molecular formula is C62H102FN3O3. The van der Waals surface area contributed by atoms with Crippen LogP contribution in [-0.4, -0.2) is 37.2 Å². The number of fused-ring (bicyclic) bond motifs is 1. The number of Topliss-reactive ketones (excluding diaryl/α,β-unsaturated/α-hetero) is 1. The number of ether oxygens (including phenoxy) is 1. The van der Waals surface area contributed by atoms with Crippen LogP contribution in [0.2, 0.25) is 0 Å². The number of nitrogens with one attached hydrogen (secondary N) is 1. The van der Waals surface area contributed by atoms with Gasteiger partial charge in [-0.25, -0.2) is 4.39 Å². The normalized spacial score (nSPS) is 19.5.